The molecule has 0 aromatic carbocycles. The van der Waals surface area contributed by atoms with Crippen LogP contribution in [0.3, 0.4) is 0 Å². The summed E-state index contributed by atoms with van der Waals surface area (Å²) in [7, 11) is -4.13. The zero-order valence-electron chi connectivity index (χ0n) is 10.4. The number of hydrogen-bond acceptors (Lipinski definition) is 8. The largest absolute Gasteiger partial charge is 0.385 e. The number of rotatable bonds is 4. The molecule has 1 aromatic rings. The molecule has 1 atom stereocenters. The number of carbonyl (C=O) groups is 2. The van der Waals surface area contributed by atoms with Crippen LogP contribution in [0.2, 0.25) is 0 Å². The fraction of sp³-hybridized carbons (Fsp3) is 0.333. The number of hydrogen-bond donors (Lipinski definition) is 3. The molecule has 1 saturated heterocycles. The van der Waals surface area contributed by atoms with Gasteiger partial charge in [0.2, 0.25) is 11.8 Å². The van der Waals surface area contributed by atoms with E-state index in [2.05, 4.69) is 4.72 Å². The van der Waals surface area contributed by atoms with Crippen LogP contribution in [-0.4, -0.2) is 31.2 Å². The molecule has 0 radical (unpaired) electrons. The summed E-state index contributed by atoms with van der Waals surface area (Å²) in [6, 6.07) is -0.274. The Morgan fingerprint density at radius 2 is 2.14 bits per heavy atom. The minimum Gasteiger partial charge on any atom is -0.385 e. The quantitative estimate of drug-likeness (QED) is 0.373. The summed E-state index contributed by atoms with van der Waals surface area (Å²) < 4.78 is 25.9. The molecule has 2 amide bonds. The first-order chi connectivity index (χ1) is 9.70. The summed E-state index contributed by atoms with van der Waals surface area (Å²) in [5, 5.41) is 12.4. The van der Waals surface area contributed by atoms with Gasteiger partial charge in [-0.3, -0.25) is 25.0 Å². The number of nitrogens with zero attached hydrogens (tertiary/aromatic N) is 1. The van der Waals surface area contributed by atoms with E-state index in [1.165, 1.54) is 0 Å². The van der Waals surface area contributed by atoms with Gasteiger partial charge in [-0.15, -0.1) is 0 Å². The number of carbonyl (C=O) groups excluding carboxylic acids is 2. The van der Waals surface area contributed by atoms with E-state index in [0.29, 0.717) is 11.3 Å². The standard InChI is InChI=1S/C9H10N4O6S2/c10-8-5(13(16)17)3-7(20-8)21(18,19)12-4-1-2-6(14)11-9(4)15/h3-4,12H,1-2,10H2,(H,11,14,15). The molecule has 1 aliphatic heterocycles. The van der Waals surface area contributed by atoms with Crippen LogP contribution in [0.4, 0.5) is 10.7 Å². The third-order valence-electron chi connectivity index (χ3n) is 2.72. The van der Waals surface area contributed by atoms with Gasteiger partial charge in [0.15, 0.2) is 5.00 Å². The molecule has 1 aromatic heterocycles. The van der Waals surface area contributed by atoms with Gasteiger partial charge in [-0.25, -0.2) is 8.42 Å². The smallest absolute Gasteiger partial charge is 0.304 e. The first kappa shape index (κ1) is 15.3. The van der Waals surface area contributed by atoms with E-state index in [4.69, 9.17) is 5.73 Å². The van der Waals surface area contributed by atoms with Crippen LogP contribution in [0.15, 0.2) is 10.3 Å². The Hall–Kier alpha value is -2.05. The number of imide groups is 1. The molecule has 2 heterocycles. The normalized spacial score (nSPS) is 19.3. The topological polar surface area (TPSA) is 162 Å². The third kappa shape index (κ3) is 3.17. The number of piperidine rings is 1. The molecule has 1 unspecified atom stereocenters. The molecule has 114 valence electrons. The van der Waals surface area contributed by atoms with Crippen LogP contribution >= 0.6 is 11.3 Å². The van der Waals surface area contributed by atoms with Gasteiger partial charge in [0.05, 0.1) is 4.92 Å². The summed E-state index contributed by atoms with van der Waals surface area (Å²) in [6.45, 7) is 0. The molecule has 0 aliphatic carbocycles. The average molecular weight is 334 g/mol. The summed E-state index contributed by atoms with van der Waals surface area (Å²) in [5.74, 6) is -1.24. The molecule has 12 heteroatoms. The monoisotopic (exact) mass is 334 g/mol. The minimum atomic E-state index is -4.13. The van der Waals surface area contributed by atoms with E-state index in [0.717, 1.165) is 6.07 Å². The van der Waals surface area contributed by atoms with Gasteiger partial charge < -0.3 is 5.73 Å². The molecule has 1 fully saturated rings. The SMILES string of the molecule is Nc1sc(S(=O)(=O)NC2CCC(=O)NC2=O)cc1[N+](=O)[O-]. The Kier molecular flexibility index (Phi) is 3.93. The predicted molar refractivity (Wildman–Crippen MR) is 71.9 cm³/mol. The van der Waals surface area contributed by atoms with Gasteiger partial charge in [0, 0.05) is 12.5 Å². The number of nitrogen functional groups attached to an aromatic ring is 1. The highest BCUT2D eigenvalue weighted by Gasteiger charge is 2.32. The number of amides is 2. The fourth-order valence-electron chi connectivity index (χ4n) is 1.70. The molecule has 0 saturated carbocycles. The molecule has 4 N–H and O–H groups in total. The van der Waals surface area contributed by atoms with Gasteiger partial charge in [0.25, 0.3) is 10.0 Å². The molecular weight excluding hydrogens is 324 g/mol. The first-order valence-electron chi connectivity index (χ1n) is 5.60. The van der Waals surface area contributed by atoms with Crippen molar-refractivity contribution in [2.75, 3.05) is 5.73 Å². The van der Waals surface area contributed by atoms with Crippen molar-refractivity contribution in [2.45, 2.75) is 23.1 Å². The molecule has 1 aliphatic rings. The Bertz CT molecular complexity index is 725. The van der Waals surface area contributed by atoms with Gasteiger partial charge in [-0.05, 0) is 6.42 Å². The predicted octanol–water partition coefficient (Wildman–Crippen LogP) is -0.678. The molecule has 0 bridgehead atoms. The maximum Gasteiger partial charge on any atom is 0.304 e. The Morgan fingerprint density at radius 3 is 2.67 bits per heavy atom. The van der Waals surface area contributed by atoms with E-state index in [9.17, 15) is 28.1 Å². The lowest BCUT2D eigenvalue weighted by Crippen LogP contribution is -2.52. The van der Waals surface area contributed by atoms with E-state index in [-0.39, 0.29) is 22.1 Å². The Morgan fingerprint density at radius 1 is 1.48 bits per heavy atom. The van der Waals surface area contributed by atoms with Crippen molar-refractivity contribution in [3.05, 3.63) is 16.2 Å². The Balaban J connectivity index is 2.23. The minimum absolute atomic E-state index is 0.00561. The number of nitrogens with one attached hydrogen (secondary N) is 2. The molecule has 10 nitrogen and oxygen atoms in total. The summed E-state index contributed by atoms with van der Waals surface area (Å²) in [6.07, 6.45) is 0.0263. The molecule has 2 rings (SSSR count). The third-order valence-corrected chi connectivity index (χ3v) is 5.61. The van der Waals surface area contributed by atoms with E-state index in [1.807, 2.05) is 5.32 Å². The zero-order chi connectivity index (χ0) is 15.8. The lowest BCUT2D eigenvalue weighted by atomic mass is 10.1. The van der Waals surface area contributed by atoms with Crippen molar-refractivity contribution < 1.29 is 22.9 Å². The van der Waals surface area contributed by atoms with Crippen molar-refractivity contribution in [3.63, 3.8) is 0 Å². The maximum absolute atomic E-state index is 12.1. The van der Waals surface area contributed by atoms with E-state index < -0.39 is 38.5 Å². The van der Waals surface area contributed by atoms with E-state index >= 15 is 0 Å². The number of nitrogens with two attached hydrogens (primary N) is 1. The Labute approximate surface area is 122 Å². The van der Waals surface area contributed by atoms with E-state index in [1.54, 1.807) is 0 Å². The van der Waals surface area contributed by atoms with Crippen LogP contribution < -0.4 is 15.8 Å². The van der Waals surface area contributed by atoms with Crippen molar-refractivity contribution in [1.29, 1.82) is 0 Å². The summed E-state index contributed by atoms with van der Waals surface area (Å²) >= 11 is 0.527. The van der Waals surface area contributed by atoms with Gasteiger partial charge >= 0.3 is 5.69 Å². The van der Waals surface area contributed by atoms with Gasteiger partial charge in [-0.1, -0.05) is 11.3 Å². The highest BCUT2D eigenvalue weighted by Crippen LogP contribution is 2.34. The molecular formula is C9H10N4O6S2. The molecule has 0 spiro atoms. The maximum atomic E-state index is 12.1. The second kappa shape index (κ2) is 5.38. The van der Waals surface area contributed by atoms with Crippen molar-refractivity contribution in [2.24, 2.45) is 0 Å². The summed E-state index contributed by atoms with van der Waals surface area (Å²) in [4.78, 5) is 32.3. The van der Waals surface area contributed by atoms with Crippen molar-refractivity contribution in [1.82, 2.24) is 10.0 Å². The van der Waals surface area contributed by atoms with Crippen LogP contribution in [0.25, 0.3) is 0 Å². The van der Waals surface area contributed by atoms with Crippen LogP contribution in [-0.2, 0) is 19.6 Å². The lowest BCUT2D eigenvalue weighted by Gasteiger charge is -2.21. The average Bonchev–Trinajstić information content (AvgIpc) is 2.76. The highest BCUT2D eigenvalue weighted by molar-refractivity contribution is 7.91. The number of sulfonamides is 1. The summed E-state index contributed by atoms with van der Waals surface area (Å²) in [5.41, 5.74) is 4.87. The second-order valence-electron chi connectivity index (χ2n) is 4.20. The number of anilines is 1. The van der Waals surface area contributed by atoms with Crippen LogP contribution in [0.1, 0.15) is 12.8 Å². The molecule has 21 heavy (non-hydrogen) atoms. The first-order valence-corrected chi connectivity index (χ1v) is 7.90. The van der Waals surface area contributed by atoms with Crippen LogP contribution in [0, 0.1) is 10.1 Å². The highest BCUT2D eigenvalue weighted by atomic mass is 32.2. The zero-order valence-corrected chi connectivity index (χ0v) is 12.0. The van der Waals surface area contributed by atoms with Gasteiger partial charge in [-0.2, -0.15) is 4.72 Å². The van der Waals surface area contributed by atoms with Crippen molar-refractivity contribution in [3.8, 4) is 0 Å². The lowest BCUT2D eigenvalue weighted by molar-refractivity contribution is -0.383. The number of thiophene rings is 1. The van der Waals surface area contributed by atoms with Gasteiger partial charge in [0.1, 0.15) is 10.3 Å². The number of nitro groups is 1. The second-order valence-corrected chi connectivity index (χ2v) is 7.22. The van der Waals surface area contributed by atoms with Crippen molar-refractivity contribution >= 4 is 43.9 Å². The fourth-order valence-corrected chi connectivity index (χ4v) is 4.16. The van der Waals surface area contributed by atoms with Crippen LogP contribution in [0.5, 0.6) is 0 Å².